The van der Waals surface area contributed by atoms with Gasteiger partial charge in [-0.15, -0.1) is 0 Å². The third-order valence-corrected chi connectivity index (χ3v) is 6.13. The molecule has 2 aliphatic heterocycles. The minimum absolute atomic E-state index is 0.148. The van der Waals surface area contributed by atoms with Gasteiger partial charge in [0, 0.05) is 38.4 Å². The van der Waals surface area contributed by atoms with Crippen LogP contribution in [0.25, 0.3) is 5.57 Å². The van der Waals surface area contributed by atoms with Crippen LogP contribution in [0.15, 0.2) is 48.1 Å². The summed E-state index contributed by atoms with van der Waals surface area (Å²) in [4.78, 5) is 4.49. The molecule has 0 saturated heterocycles. The molecule has 0 aliphatic carbocycles. The normalized spacial score (nSPS) is 19.7. The van der Waals surface area contributed by atoms with Crippen LogP contribution < -0.4 is 5.32 Å². The second kappa shape index (κ2) is 8.85. The number of rotatable bonds is 7. The van der Waals surface area contributed by atoms with Gasteiger partial charge in [-0.05, 0) is 79.4 Å². The summed E-state index contributed by atoms with van der Waals surface area (Å²) in [5.41, 5.74) is 6.35. The molecule has 3 rings (SSSR count). The zero-order chi connectivity index (χ0) is 20.3. The number of hydrogen-bond acceptors (Lipinski definition) is 3. The predicted octanol–water partition coefficient (Wildman–Crippen LogP) is 5.48. The highest BCUT2D eigenvalue weighted by molar-refractivity contribution is 5.69. The fourth-order valence-corrected chi connectivity index (χ4v) is 4.41. The fourth-order valence-electron chi connectivity index (χ4n) is 4.41. The Morgan fingerprint density at radius 3 is 2.79 bits per heavy atom. The van der Waals surface area contributed by atoms with Crippen molar-refractivity contribution in [2.45, 2.75) is 59.0 Å². The van der Waals surface area contributed by atoms with Gasteiger partial charge in [-0.3, -0.25) is 0 Å². The lowest BCUT2D eigenvalue weighted by atomic mass is 9.90. The Labute approximate surface area is 169 Å². The standard InChI is InChI=1S/C24H34FN3/c1-17(2)22(18(3)26-4)8-6-7-19-9-11-21(25)15-23(19)20-10-12-24-27(5)13-14-28(24)16-20/h9,11,13-17,24,26H,6-8,10,12H2,1-5H3/b22-18-. The molecule has 0 radical (unpaired) electrons. The summed E-state index contributed by atoms with van der Waals surface area (Å²) in [5.74, 6) is 0.390. The number of nitrogens with zero attached hydrogens (tertiary/aromatic N) is 2. The largest absolute Gasteiger partial charge is 0.392 e. The molecule has 0 fully saturated rings. The first-order valence-electron chi connectivity index (χ1n) is 10.4. The van der Waals surface area contributed by atoms with Crippen LogP contribution in [0.1, 0.15) is 57.6 Å². The zero-order valence-corrected chi connectivity index (χ0v) is 17.9. The summed E-state index contributed by atoms with van der Waals surface area (Å²) < 4.78 is 14.1. The smallest absolute Gasteiger partial charge is 0.123 e. The van der Waals surface area contributed by atoms with Crippen molar-refractivity contribution in [2.24, 2.45) is 5.92 Å². The quantitative estimate of drug-likeness (QED) is 0.673. The van der Waals surface area contributed by atoms with Crippen LogP contribution in [-0.4, -0.2) is 30.1 Å². The van der Waals surface area contributed by atoms with Gasteiger partial charge in [0.05, 0.1) is 0 Å². The van der Waals surface area contributed by atoms with Crippen molar-refractivity contribution in [1.29, 1.82) is 0 Å². The van der Waals surface area contributed by atoms with Gasteiger partial charge in [0.15, 0.2) is 0 Å². The lowest BCUT2D eigenvalue weighted by molar-refractivity contribution is 0.205. The number of hydrogen-bond donors (Lipinski definition) is 1. The highest BCUT2D eigenvalue weighted by Crippen LogP contribution is 2.34. The summed E-state index contributed by atoms with van der Waals surface area (Å²) in [6, 6.07) is 5.31. The molecule has 28 heavy (non-hydrogen) atoms. The Balaban J connectivity index is 1.77. The van der Waals surface area contributed by atoms with Crippen molar-refractivity contribution in [2.75, 3.05) is 14.1 Å². The van der Waals surface area contributed by atoms with Gasteiger partial charge in [-0.25, -0.2) is 4.39 Å². The van der Waals surface area contributed by atoms with E-state index in [0.717, 1.165) is 37.7 Å². The molecule has 1 N–H and O–H groups in total. The molecule has 0 saturated carbocycles. The maximum absolute atomic E-state index is 14.1. The molecule has 2 aliphatic rings. The molecule has 152 valence electrons. The van der Waals surface area contributed by atoms with Gasteiger partial charge in [0.2, 0.25) is 0 Å². The van der Waals surface area contributed by atoms with Crippen LogP contribution in [0.5, 0.6) is 0 Å². The molecule has 1 atom stereocenters. The SMILES string of the molecule is CN/C(C)=C(/CCCc1ccc(F)cc1C1=CN2C=CN(C)C2CC1)C(C)C. The molecule has 0 bridgehead atoms. The third-order valence-electron chi connectivity index (χ3n) is 6.13. The number of benzene rings is 1. The fraction of sp³-hybridized carbons (Fsp3) is 0.500. The van der Waals surface area contributed by atoms with Crippen LogP contribution in [-0.2, 0) is 6.42 Å². The summed E-state index contributed by atoms with van der Waals surface area (Å²) in [6.07, 6.45) is 12.0. The Morgan fingerprint density at radius 2 is 2.07 bits per heavy atom. The maximum Gasteiger partial charge on any atom is 0.123 e. The molecule has 3 nitrogen and oxygen atoms in total. The maximum atomic E-state index is 14.1. The molecular formula is C24H34FN3. The number of fused-ring (bicyclic) bond motifs is 1. The number of nitrogens with one attached hydrogen (secondary N) is 1. The second-order valence-corrected chi connectivity index (χ2v) is 8.29. The van der Waals surface area contributed by atoms with Crippen LogP contribution in [0.4, 0.5) is 4.39 Å². The van der Waals surface area contributed by atoms with Crippen LogP contribution in [0.3, 0.4) is 0 Å². The monoisotopic (exact) mass is 383 g/mol. The molecular weight excluding hydrogens is 349 g/mol. The van der Waals surface area contributed by atoms with Gasteiger partial charge >= 0.3 is 0 Å². The number of halogens is 1. The minimum Gasteiger partial charge on any atom is -0.392 e. The van der Waals surface area contributed by atoms with Crippen molar-refractivity contribution in [3.8, 4) is 0 Å². The van der Waals surface area contributed by atoms with E-state index in [1.54, 1.807) is 12.1 Å². The summed E-state index contributed by atoms with van der Waals surface area (Å²) in [6.45, 7) is 6.66. The summed E-state index contributed by atoms with van der Waals surface area (Å²) >= 11 is 0. The van der Waals surface area contributed by atoms with Gasteiger partial charge in [-0.2, -0.15) is 0 Å². The van der Waals surface area contributed by atoms with Crippen LogP contribution in [0, 0.1) is 11.7 Å². The summed E-state index contributed by atoms with van der Waals surface area (Å²) in [5, 5.41) is 3.30. The number of allylic oxidation sites excluding steroid dienone is 3. The van der Waals surface area contributed by atoms with Gasteiger partial charge in [-0.1, -0.05) is 19.9 Å². The minimum atomic E-state index is -0.148. The van der Waals surface area contributed by atoms with Crippen molar-refractivity contribution in [3.05, 3.63) is 65.0 Å². The van der Waals surface area contributed by atoms with Gasteiger partial charge in [0.1, 0.15) is 12.0 Å². The Kier molecular flexibility index (Phi) is 6.48. The van der Waals surface area contributed by atoms with Gasteiger partial charge in [0.25, 0.3) is 0 Å². The molecule has 1 aromatic rings. The van der Waals surface area contributed by atoms with E-state index in [1.807, 2.05) is 13.1 Å². The molecule has 0 amide bonds. The molecule has 2 heterocycles. The lowest BCUT2D eigenvalue weighted by Gasteiger charge is -2.33. The van der Waals surface area contributed by atoms with Crippen molar-refractivity contribution in [1.82, 2.24) is 15.1 Å². The predicted molar refractivity (Wildman–Crippen MR) is 116 cm³/mol. The molecule has 1 aromatic carbocycles. The topological polar surface area (TPSA) is 18.5 Å². The van der Waals surface area contributed by atoms with E-state index in [1.165, 1.54) is 22.4 Å². The highest BCUT2D eigenvalue weighted by atomic mass is 19.1. The Hall–Kier alpha value is -2.23. The van der Waals surface area contributed by atoms with E-state index >= 15 is 0 Å². The van der Waals surface area contributed by atoms with Crippen LogP contribution in [0.2, 0.25) is 0 Å². The van der Waals surface area contributed by atoms with E-state index in [4.69, 9.17) is 0 Å². The first-order chi connectivity index (χ1) is 13.4. The first kappa shape index (κ1) is 20.5. The average Bonchev–Trinajstić information content (AvgIpc) is 3.05. The van der Waals surface area contributed by atoms with E-state index in [9.17, 15) is 4.39 Å². The second-order valence-electron chi connectivity index (χ2n) is 8.29. The van der Waals surface area contributed by atoms with E-state index in [2.05, 4.69) is 61.5 Å². The van der Waals surface area contributed by atoms with Crippen molar-refractivity contribution < 1.29 is 4.39 Å². The van der Waals surface area contributed by atoms with E-state index < -0.39 is 0 Å². The average molecular weight is 384 g/mol. The van der Waals surface area contributed by atoms with E-state index in [-0.39, 0.29) is 5.82 Å². The van der Waals surface area contributed by atoms with Gasteiger partial charge < -0.3 is 15.1 Å². The summed E-state index contributed by atoms with van der Waals surface area (Å²) in [7, 11) is 4.10. The Bertz CT molecular complexity index is 791. The first-order valence-corrected chi connectivity index (χ1v) is 10.4. The molecule has 4 heteroatoms. The highest BCUT2D eigenvalue weighted by Gasteiger charge is 2.27. The number of aryl methyl sites for hydroxylation is 1. The Morgan fingerprint density at radius 1 is 1.29 bits per heavy atom. The third kappa shape index (κ3) is 4.43. The van der Waals surface area contributed by atoms with Crippen molar-refractivity contribution >= 4 is 5.57 Å². The van der Waals surface area contributed by atoms with E-state index in [0.29, 0.717) is 12.1 Å². The van der Waals surface area contributed by atoms with Crippen molar-refractivity contribution in [3.63, 3.8) is 0 Å². The molecule has 0 aromatic heterocycles. The zero-order valence-electron chi connectivity index (χ0n) is 17.9. The van der Waals surface area contributed by atoms with Crippen LogP contribution >= 0.6 is 0 Å². The lowest BCUT2D eigenvalue weighted by Crippen LogP contribution is -2.35. The molecule has 1 unspecified atom stereocenters. The molecule has 0 spiro atoms.